The van der Waals surface area contributed by atoms with Gasteiger partial charge in [0.2, 0.25) is 10.0 Å². The van der Waals surface area contributed by atoms with Gasteiger partial charge >= 0.3 is 0 Å². The minimum Gasteiger partial charge on any atom is -0.495 e. The van der Waals surface area contributed by atoms with Crippen LogP contribution in [0.3, 0.4) is 0 Å². The minimum absolute atomic E-state index is 0.0787. The van der Waals surface area contributed by atoms with Crippen LogP contribution in [0, 0.1) is 0 Å². The molecular weight excluding hydrogens is 380 g/mol. The Morgan fingerprint density at radius 2 is 1.93 bits per heavy atom. The van der Waals surface area contributed by atoms with Crippen LogP contribution in [0.1, 0.15) is 35.8 Å². The van der Waals surface area contributed by atoms with Crippen molar-refractivity contribution in [2.45, 2.75) is 31.1 Å². The number of sulfonamides is 1. The zero-order valence-electron chi connectivity index (χ0n) is 26.9. The number of benzene rings is 2. The van der Waals surface area contributed by atoms with Crippen molar-refractivity contribution in [2.24, 2.45) is 5.14 Å². The summed E-state index contributed by atoms with van der Waals surface area (Å²) in [7, 11) is -7.35. The van der Waals surface area contributed by atoms with E-state index in [1.807, 2.05) is 0 Å². The van der Waals surface area contributed by atoms with E-state index >= 15 is 0 Å². The molecule has 8 heteroatoms. The number of primary sulfonamides is 1. The number of nitrogens with two attached hydrogens (primary N) is 1. The molecule has 0 amide bonds. The van der Waals surface area contributed by atoms with Crippen LogP contribution in [0.5, 0.6) is 17.2 Å². The molecule has 3 N–H and O–H groups in total. The average molecular weight is 421 g/mol. The first kappa shape index (κ1) is 10.5. The van der Waals surface area contributed by atoms with E-state index in [1.54, 1.807) is 0 Å². The summed E-state index contributed by atoms with van der Waals surface area (Å²) in [6.07, 6.45) is -0.0787. The van der Waals surface area contributed by atoms with Crippen molar-refractivity contribution in [1.29, 1.82) is 0 Å². The molecule has 0 saturated heterocycles. The molecule has 0 heterocycles. The van der Waals surface area contributed by atoms with Crippen molar-refractivity contribution in [3.05, 3.63) is 48.0 Å². The SMILES string of the molecule is [2H]C([2H])([2H])Oc1ccc(C[C@@H](C)NC([2H])([2H])C([2H])([2H])Oc2ccccc2OC([2H])([2H])C([2H])([2H])[2H])cc1S(N)(=O)=O. The number of methoxy groups -OCH3 is 1. The molecule has 0 aromatic heterocycles. The Morgan fingerprint density at radius 3 is 2.61 bits per heavy atom. The molecule has 0 fully saturated rings. The predicted molar refractivity (Wildman–Crippen MR) is 109 cm³/mol. The van der Waals surface area contributed by atoms with E-state index in [0.29, 0.717) is 0 Å². The summed E-state index contributed by atoms with van der Waals surface area (Å²) in [6.45, 7) is -10.9. The van der Waals surface area contributed by atoms with Crippen molar-refractivity contribution in [3.8, 4) is 17.2 Å². The molecule has 0 bridgehead atoms. The van der Waals surface area contributed by atoms with E-state index in [9.17, 15) is 8.42 Å². The summed E-state index contributed by atoms with van der Waals surface area (Å²) >= 11 is 0. The number of ether oxygens (including phenoxy) is 3. The van der Waals surface area contributed by atoms with Crippen LogP contribution in [0.25, 0.3) is 0 Å². The van der Waals surface area contributed by atoms with Gasteiger partial charge < -0.3 is 19.5 Å². The standard InChI is InChI=1S/C20H28N2O5S/c1-4-26-17-7-5-6-8-18(17)27-12-11-22-15(2)13-16-9-10-19(25-3)20(14-16)28(21,23)24/h5-10,14-15,22H,4,11-13H2,1-3H3,(H2,21,23,24)/t15-/m1/s1/i1D3,3D3,4D2,11D2,12D2. The monoisotopic (exact) mass is 420 g/mol. The Hall–Kier alpha value is -2.29. The van der Waals surface area contributed by atoms with Gasteiger partial charge in [0.05, 0.1) is 23.2 Å². The van der Waals surface area contributed by atoms with Crippen molar-refractivity contribution in [2.75, 3.05) is 26.7 Å². The minimum atomic E-state index is -4.41. The third-order valence-electron chi connectivity index (χ3n) is 3.51. The highest BCUT2D eigenvalue weighted by molar-refractivity contribution is 7.89. The highest BCUT2D eigenvalue weighted by atomic mass is 32.2. The average Bonchev–Trinajstić information content (AvgIpc) is 2.72. The van der Waals surface area contributed by atoms with E-state index in [1.165, 1.54) is 25.1 Å². The van der Waals surface area contributed by atoms with Crippen LogP contribution in [0.4, 0.5) is 0 Å². The van der Waals surface area contributed by atoms with Gasteiger partial charge in [-0.3, -0.25) is 0 Å². The third-order valence-corrected chi connectivity index (χ3v) is 4.44. The Labute approximate surface area is 183 Å². The Morgan fingerprint density at radius 1 is 1.18 bits per heavy atom. The van der Waals surface area contributed by atoms with E-state index in [-0.39, 0.29) is 12.0 Å². The van der Waals surface area contributed by atoms with Crippen LogP contribution in [0.2, 0.25) is 0 Å². The second kappa shape index (κ2) is 10.3. The molecule has 2 aromatic carbocycles. The molecular formula is C20H28N2O5S. The largest absolute Gasteiger partial charge is 0.495 e. The first-order chi connectivity index (χ1) is 17.8. The molecule has 154 valence electrons. The van der Waals surface area contributed by atoms with Crippen molar-refractivity contribution < 1.29 is 39.1 Å². The summed E-state index contributed by atoms with van der Waals surface area (Å²) in [4.78, 5) is -0.608. The van der Waals surface area contributed by atoms with E-state index in [0.717, 1.165) is 24.3 Å². The lowest BCUT2D eigenvalue weighted by Gasteiger charge is -2.16. The molecule has 0 aliphatic heterocycles. The third kappa shape index (κ3) is 6.40. The molecule has 2 rings (SSSR count). The van der Waals surface area contributed by atoms with Crippen LogP contribution < -0.4 is 24.7 Å². The molecule has 7 nitrogen and oxygen atoms in total. The molecule has 0 radical (unpaired) electrons. The van der Waals surface area contributed by atoms with Gasteiger partial charge in [0, 0.05) is 19.4 Å². The van der Waals surface area contributed by atoms with Crippen LogP contribution in [0.15, 0.2) is 47.4 Å². The van der Waals surface area contributed by atoms with Gasteiger partial charge in [-0.15, -0.1) is 0 Å². The van der Waals surface area contributed by atoms with Crippen molar-refractivity contribution >= 4 is 10.0 Å². The summed E-state index contributed by atoms with van der Waals surface area (Å²) in [6, 6.07) is 7.59. The lowest BCUT2D eigenvalue weighted by atomic mass is 10.1. The Bertz CT molecular complexity index is 1300. The molecule has 0 spiro atoms. The van der Waals surface area contributed by atoms with Gasteiger partial charge in [-0.2, -0.15) is 0 Å². The van der Waals surface area contributed by atoms with E-state index < -0.39 is 71.7 Å². The second-order valence-corrected chi connectivity index (χ2v) is 7.19. The lowest BCUT2D eigenvalue weighted by molar-refractivity contribution is 0.272. The zero-order valence-corrected chi connectivity index (χ0v) is 15.7. The lowest BCUT2D eigenvalue weighted by Crippen LogP contribution is -2.32. The van der Waals surface area contributed by atoms with Crippen LogP contribution in [-0.4, -0.2) is 41.1 Å². The normalized spacial score (nSPS) is 21.2. The van der Waals surface area contributed by atoms with Crippen molar-refractivity contribution in [3.63, 3.8) is 0 Å². The van der Waals surface area contributed by atoms with Gasteiger partial charge in [0.25, 0.3) is 0 Å². The summed E-state index contributed by atoms with van der Waals surface area (Å²) in [5.41, 5.74) is 0.268. The van der Waals surface area contributed by atoms with Gasteiger partial charge in [0.1, 0.15) is 17.2 Å². The predicted octanol–water partition coefficient (Wildman–Crippen LogP) is 2.34. The Kier molecular flexibility index (Phi) is 3.86. The summed E-state index contributed by atoms with van der Waals surface area (Å²) in [5.74, 6) is -1.46. The number of rotatable bonds is 11. The maximum atomic E-state index is 12.0. The number of hydrogen-bond donors (Lipinski definition) is 2. The number of nitrogens with one attached hydrogen (secondary N) is 1. The second-order valence-electron chi connectivity index (χ2n) is 5.66. The summed E-state index contributed by atoms with van der Waals surface area (Å²) in [5, 5.41) is 7.58. The fraction of sp³-hybridized carbons (Fsp3) is 0.400. The highest BCUT2D eigenvalue weighted by Gasteiger charge is 2.16. The van der Waals surface area contributed by atoms with Gasteiger partial charge in [-0.05, 0) is 50.0 Å². The smallest absolute Gasteiger partial charge is 0.241 e. The maximum absolute atomic E-state index is 12.0. The number of hydrogen-bond acceptors (Lipinski definition) is 6. The Balaban J connectivity index is 2.25. The molecule has 28 heavy (non-hydrogen) atoms. The quantitative estimate of drug-likeness (QED) is 0.579. The number of para-hydroxylation sites is 2. The van der Waals surface area contributed by atoms with E-state index in [2.05, 4.69) is 5.32 Å². The molecule has 1 atom stereocenters. The first-order valence-electron chi connectivity index (χ1n) is 13.9. The highest BCUT2D eigenvalue weighted by Crippen LogP contribution is 2.26. The molecule has 0 unspecified atom stereocenters. The van der Waals surface area contributed by atoms with E-state index in [4.69, 9.17) is 35.8 Å². The van der Waals surface area contributed by atoms with Crippen molar-refractivity contribution in [1.82, 2.24) is 5.32 Å². The first-order valence-corrected chi connectivity index (χ1v) is 9.49. The maximum Gasteiger partial charge on any atom is 0.241 e. The summed E-state index contributed by atoms with van der Waals surface area (Å²) < 4.78 is 130. The van der Waals surface area contributed by atoms with Gasteiger partial charge in [-0.1, -0.05) is 18.2 Å². The molecule has 0 aliphatic rings. The molecule has 0 saturated carbocycles. The topological polar surface area (TPSA) is 99.9 Å². The van der Waals surface area contributed by atoms with Crippen LogP contribution >= 0.6 is 0 Å². The van der Waals surface area contributed by atoms with Gasteiger partial charge in [-0.25, -0.2) is 13.6 Å². The fourth-order valence-electron chi connectivity index (χ4n) is 2.30. The fourth-order valence-corrected chi connectivity index (χ4v) is 3.00. The van der Waals surface area contributed by atoms with Gasteiger partial charge in [0.15, 0.2) is 11.5 Å². The molecule has 0 aliphatic carbocycles. The van der Waals surface area contributed by atoms with Crippen LogP contribution in [-0.2, 0) is 16.4 Å². The molecule has 2 aromatic rings. The zero-order chi connectivity index (χ0) is 30.9.